The van der Waals surface area contributed by atoms with Crippen molar-refractivity contribution in [1.82, 2.24) is 19.7 Å². The zero-order valence-corrected chi connectivity index (χ0v) is 16.1. The third-order valence-corrected chi connectivity index (χ3v) is 5.48. The highest BCUT2D eigenvalue weighted by molar-refractivity contribution is 5.92. The molecule has 0 unspecified atom stereocenters. The molecule has 3 aromatic rings. The summed E-state index contributed by atoms with van der Waals surface area (Å²) in [5, 5.41) is 5.36. The van der Waals surface area contributed by atoms with Gasteiger partial charge in [-0.1, -0.05) is 0 Å². The number of nitrogens with zero attached hydrogens (tertiary/aromatic N) is 5. The summed E-state index contributed by atoms with van der Waals surface area (Å²) in [7, 11) is 3.73. The summed E-state index contributed by atoms with van der Waals surface area (Å²) in [5.41, 5.74) is 2.38. The molecule has 7 heteroatoms. The maximum Gasteiger partial charge on any atom is 0.274 e. The van der Waals surface area contributed by atoms with E-state index in [1.807, 2.05) is 39.2 Å². The Morgan fingerprint density at radius 2 is 2.11 bits per heavy atom. The van der Waals surface area contributed by atoms with E-state index < -0.39 is 0 Å². The Kier molecular flexibility index (Phi) is 4.59. The molecule has 0 spiro atoms. The number of aromatic nitrogens is 3. The largest absolute Gasteiger partial charge is 0.464 e. The van der Waals surface area contributed by atoms with Crippen molar-refractivity contribution in [2.45, 2.75) is 19.8 Å². The van der Waals surface area contributed by atoms with E-state index in [0.29, 0.717) is 11.6 Å². The van der Waals surface area contributed by atoms with Crippen molar-refractivity contribution in [2.24, 2.45) is 13.0 Å². The van der Waals surface area contributed by atoms with Gasteiger partial charge in [0.25, 0.3) is 5.91 Å². The number of furan rings is 1. The second-order valence-corrected chi connectivity index (χ2v) is 7.38. The van der Waals surface area contributed by atoms with Gasteiger partial charge in [-0.3, -0.25) is 9.48 Å². The van der Waals surface area contributed by atoms with Crippen molar-refractivity contribution in [3.05, 3.63) is 42.0 Å². The summed E-state index contributed by atoms with van der Waals surface area (Å²) in [6.45, 7) is 4.58. The molecule has 0 atom stereocenters. The van der Waals surface area contributed by atoms with E-state index >= 15 is 0 Å². The average Bonchev–Trinajstić information content (AvgIpc) is 3.28. The van der Waals surface area contributed by atoms with Gasteiger partial charge in [-0.25, -0.2) is 4.98 Å². The number of fused-ring (bicyclic) bond motifs is 1. The monoisotopic (exact) mass is 367 g/mol. The van der Waals surface area contributed by atoms with E-state index in [4.69, 9.17) is 4.42 Å². The van der Waals surface area contributed by atoms with Crippen LogP contribution in [0.5, 0.6) is 0 Å². The zero-order valence-electron chi connectivity index (χ0n) is 16.1. The third-order valence-electron chi connectivity index (χ3n) is 5.48. The molecule has 7 nitrogen and oxygen atoms in total. The van der Waals surface area contributed by atoms with Gasteiger partial charge in [0.15, 0.2) is 5.69 Å². The minimum absolute atomic E-state index is 0.00837. The van der Waals surface area contributed by atoms with Crippen molar-refractivity contribution in [1.29, 1.82) is 0 Å². The highest BCUT2D eigenvalue weighted by Crippen LogP contribution is 2.29. The first-order valence-corrected chi connectivity index (χ1v) is 9.36. The van der Waals surface area contributed by atoms with Crippen LogP contribution in [0.3, 0.4) is 0 Å². The predicted octanol–water partition coefficient (Wildman–Crippen LogP) is 2.86. The van der Waals surface area contributed by atoms with Gasteiger partial charge in [0.1, 0.15) is 11.4 Å². The van der Waals surface area contributed by atoms with Crippen molar-refractivity contribution in [2.75, 3.05) is 31.6 Å². The van der Waals surface area contributed by atoms with Crippen LogP contribution in [-0.2, 0) is 7.05 Å². The summed E-state index contributed by atoms with van der Waals surface area (Å²) in [5.74, 6) is 1.47. The molecule has 0 N–H and O–H groups in total. The van der Waals surface area contributed by atoms with Gasteiger partial charge in [0, 0.05) is 45.6 Å². The maximum atomic E-state index is 12.6. The fourth-order valence-electron chi connectivity index (χ4n) is 3.79. The van der Waals surface area contributed by atoms with Crippen LogP contribution < -0.4 is 4.90 Å². The van der Waals surface area contributed by atoms with Crippen LogP contribution in [0.1, 0.15) is 29.0 Å². The second-order valence-electron chi connectivity index (χ2n) is 7.38. The molecule has 0 aromatic carbocycles. The van der Waals surface area contributed by atoms with Gasteiger partial charge in [-0.05, 0) is 43.9 Å². The fraction of sp³-hybridized carbons (Fsp3) is 0.450. The summed E-state index contributed by atoms with van der Waals surface area (Å²) < 4.78 is 7.22. The molecule has 0 saturated carbocycles. The Bertz CT molecular complexity index is 933. The van der Waals surface area contributed by atoms with Crippen LogP contribution in [0.2, 0.25) is 0 Å². The molecular formula is C20H25N5O2. The van der Waals surface area contributed by atoms with Crippen molar-refractivity contribution < 1.29 is 9.21 Å². The van der Waals surface area contributed by atoms with Gasteiger partial charge in [-0.2, -0.15) is 5.10 Å². The lowest BCUT2D eigenvalue weighted by Crippen LogP contribution is -2.40. The van der Waals surface area contributed by atoms with Crippen molar-refractivity contribution in [3.63, 3.8) is 0 Å². The predicted molar refractivity (Wildman–Crippen MR) is 104 cm³/mol. The van der Waals surface area contributed by atoms with Crippen molar-refractivity contribution >= 4 is 22.7 Å². The summed E-state index contributed by atoms with van der Waals surface area (Å²) in [6, 6.07) is 5.72. The fourth-order valence-corrected chi connectivity index (χ4v) is 3.79. The highest BCUT2D eigenvalue weighted by Gasteiger charge is 2.25. The van der Waals surface area contributed by atoms with E-state index in [1.54, 1.807) is 22.0 Å². The normalized spacial score (nSPS) is 15.4. The van der Waals surface area contributed by atoms with E-state index in [2.05, 4.69) is 15.0 Å². The van der Waals surface area contributed by atoms with Crippen LogP contribution in [0.25, 0.3) is 11.0 Å². The number of hydrogen-bond donors (Lipinski definition) is 0. The quantitative estimate of drug-likeness (QED) is 0.709. The van der Waals surface area contributed by atoms with Gasteiger partial charge >= 0.3 is 0 Å². The van der Waals surface area contributed by atoms with Crippen LogP contribution in [0.15, 0.2) is 35.1 Å². The number of piperidine rings is 1. The van der Waals surface area contributed by atoms with E-state index in [-0.39, 0.29) is 5.91 Å². The number of carbonyl (C=O) groups excluding carboxylic acids is 1. The lowest BCUT2D eigenvalue weighted by atomic mass is 9.96. The molecule has 27 heavy (non-hydrogen) atoms. The number of aryl methyl sites for hydroxylation is 2. The molecule has 1 aliphatic rings. The van der Waals surface area contributed by atoms with Gasteiger partial charge in [-0.15, -0.1) is 0 Å². The summed E-state index contributed by atoms with van der Waals surface area (Å²) in [6.07, 6.45) is 5.58. The molecule has 1 aliphatic heterocycles. The van der Waals surface area contributed by atoms with Gasteiger partial charge in [0.05, 0.1) is 11.6 Å². The number of carbonyl (C=O) groups is 1. The van der Waals surface area contributed by atoms with Gasteiger partial charge in [0.2, 0.25) is 0 Å². The Balaban J connectivity index is 1.36. The topological polar surface area (TPSA) is 67.4 Å². The smallest absolute Gasteiger partial charge is 0.274 e. The first kappa shape index (κ1) is 17.6. The van der Waals surface area contributed by atoms with Crippen molar-refractivity contribution in [3.8, 4) is 0 Å². The van der Waals surface area contributed by atoms with Crippen LogP contribution in [0, 0.1) is 12.8 Å². The number of pyridine rings is 1. The number of anilines is 1. The van der Waals surface area contributed by atoms with Crippen LogP contribution in [0.4, 0.5) is 5.82 Å². The second kappa shape index (κ2) is 7.06. The summed E-state index contributed by atoms with van der Waals surface area (Å²) in [4.78, 5) is 21.3. The summed E-state index contributed by atoms with van der Waals surface area (Å²) >= 11 is 0. The standard InChI is InChI=1S/C20H25N5O2/c1-14-12-17(22-24(14)3)20(26)23(2)13-15-5-9-25(10-6-15)19-16-7-11-27-18(16)4-8-21-19/h4,7-8,11-12,15H,5-6,9-10,13H2,1-3H3. The minimum atomic E-state index is -0.00837. The first-order valence-electron chi connectivity index (χ1n) is 9.36. The van der Waals surface area contributed by atoms with E-state index in [9.17, 15) is 4.79 Å². The number of amides is 1. The molecular weight excluding hydrogens is 342 g/mol. The maximum absolute atomic E-state index is 12.6. The Morgan fingerprint density at radius 3 is 2.81 bits per heavy atom. The Hall–Kier alpha value is -2.83. The van der Waals surface area contributed by atoms with Crippen LogP contribution in [-0.4, -0.2) is 52.3 Å². The third kappa shape index (κ3) is 3.41. The molecule has 4 heterocycles. The molecule has 4 rings (SSSR count). The molecule has 0 aliphatic carbocycles. The molecule has 0 bridgehead atoms. The molecule has 1 fully saturated rings. The number of hydrogen-bond acceptors (Lipinski definition) is 5. The average molecular weight is 367 g/mol. The molecule has 3 aromatic heterocycles. The molecule has 1 amide bonds. The van der Waals surface area contributed by atoms with E-state index in [0.717, 1.165) is 55.0 Å². The van der Waals surface area contributed by atoms with Gasteiger partial charge < -0.3 is 14.2 Å². The van der Waals surface area contributed by atoms with E-state index in [1.165, 1.54) is 0 Å². The minimum Gasteiger partial charge on any atom is -0.464 e. The molecule has 0 radical (unpaired) electrons. The number of rotatable bonds is 4. The SMILES string of the molecule is Cc1cc(C(=O)N(C)CC2CCN(c3nccc4occc34)CC2)nn1C. The molecule has 1 saturated heterocycles. The Morgan fingerprint density at radius 1 is 1.33 bits per heavy atom. The van der Waals surface area contributed by atoms with Crippen LogP contribution >= 0.6 is 0 Å². The highest BCUT2D eigenvalue weighted by atomic mass is 16.3. The lowest BCUT2D eigenvalue weighted by Gasteiger charge is -2.34. The zero-order chi connectivity index (χ0) is 19.0. The lowest BCUT2D eigenvalue weighted by molar-refractivity contribution is 0.0758. The molecule has 142 valence electrons. The Labute approximate surface area is 158 Å². The first-order chi connectivity index (χ1) is 13.0.